The van der Waals surface area contributed by atoms with Gasteiger partial charge in [-0.1, -0.05) is 12.7 Å². The van der Waals surface area contributed by atoms with Crippen molar-refractivity contribution in [3.63, 3.8) is 0 Å². The van der Waals surface area contributed by atoms with Crippen LogP contribution in [0.4, 0.5) is 0 Å². The first-order chi connectivity index (χ1) is 9.08. The number of halogens is 2. The molecule has 106 valence electrons. The van der Waals surface area contributed by atoms with E-state index in [1.54, 1.807) is 13.2 Å². The fourth-order valence-electron chi connectivity index (χ4n) is 1.47. The molecule has 1 N–H and O–H groups in total. The third kappa shape index (κ3) is 5.65. The van der Waals surface area contributed by atoms with Gasteiger partial charge >= 0.3 is 0 Å². The predicted molar refractivity (Wildman–Crippen MR) is 85.7 cm³/mol. The molecule has 1 unspecified atom stereocenters. The molecule has 3 nitrogen and oxygen atoms in total. The maximum absolute atomic E-state index is 5.77. The van der Waals surface area contributed by atoms with E-state index in [1.165, 1.54) is 5.56 Å². The molecular weight excluding hydrogens is 374 g/mol. The van der Waals surface area contributed by atoms with Crippen LogP contribution in [0.25, 0.3) is 0 Å². The largest absolute Gasteiger partial charge is 0.484 e. The van der Waals surface area contributed by atoms with Crippen molar-refractivity contribution in [1.29, 1.82) is 0 Å². The molecule has 0 saturated carbocycles. The number of hydrogen-bond donors (Lipinski definition) is 1. The molecule has 1 rings (SSSR count). The number of hydrogen-bond acceptors (Lipinski definition) is 3. The molecule has 0 fully saturated rings. The summed E-state index contributed by atoms with van der Waals surface area (Å²) in [6.45, 7) is 7.99. The summed E-state index contributed by atoms with van der Waals surface area (Å²) in [6.07, 6.45) is 1.73. The quantitative estimate of drug-likeness (QED) is 0.537. The Balaban J connectivity index is 2.70. The first-order valence-electron chi connectivity index (χ1n) is 6.05. The van der Waals surface area contributed by atoms with E-state index in [1.807, 2.05) is 6.92 Å². The summed E-state index contributed by atoms with van der Waals surface area (Å²) in [4.78, 5) is 0. The smallest absolute Gasteiger partial charge is 0.148 e. The van der Waals surface area contributed by atoms with Gasteiger partial charge in [-0.05, 0) is 56.5 Å². The van der Waals surface area contributed by atoms with Crippen LogP contribution in [0.15, 0.2) is 33.7 Å². The molecule has 0 saturated heterocycles. The standard InChI is InChI=1S/C14H19Br2NO2/c1-4-10(2)19-14-12(15)7-11(8-13(14)16)9-17-5-6-18-3/h4,7-8,10,17H,1,5-6,9H2,2-3H3. The maximum atomic E-state index is 5.77. The lowest BCUT2D eigenvalue weighted by Gasteiger charge is -2.15. The number of nitrogens with one attached hydrogen (secondary N) is 1. The molecule has 0 aliphatic rings. The van der Waals surface area contributed by atoms with Crippen LogP contribution in [0.3, 0.4) is 0 Å². The van der Waals surface area contributed by atoms with Crippen molar-refractivity contribution in [2.45, 2.75) is 19.6 Å². The van der Waals surface area contributed by atoms with Crippen LogP contribution >= 0.6 is 31.9 Å². The lowest BCUT2D eigenvalue weighted by molar-refractivity contribution is 0.199. The molecule has 0 aliphatic heterocycles. The van der Waals surface area contributed by atoms with Gasteiger partial charge in [0.05, 0.1) is 15.6 Å². The van der Waals surface area contributed by atoms with E-state index < -0.39 is 0 Å². The molecule has 1 atom stereocenters. The summed E-state index contributed by atoms with van der Waals surface area (Å²) >= 11 is 7.07. The van der Waals surface area contributed by atoms with Crippen LogP contribution in [0.5, 0.6) is 5.75 Å². The minimum Gasteiger partial charge on any atom is -0.484 e. The molecule has 1 aromatic carbocycles. The molecular formula is C14H19Br2NO2. The molecule has 0 bridgehead atoms. The predicted octanol–water partition coefficient (Wildman–Crippen LogP) is 3.90. The molecule has 0 spiro atoms. The van der Waals surface area contributed by atoms with Crippen LogP contribution in [0.1, 0.15) is 12.5 Å². The lowest BCUT2D eigenvalue weighted by atomic mass is 10.2. The summed E-state index contributed by atoms with van der Waals surface area (Å²) in [6, 6.07) is 4.10. The molecule has 0 radical (unpaired) electrons. The minimum atomic E-state index is -0.0294. The Morgan fingerprint density at radius 1 is 1.37 bits per heavy atom. The topological polar surface area (TPSA) is 30.5 Å². The van der Waals surface area contributed by atoms with Crippen molar-refractivity contribution in [2.24, 2.45) is 0 Å². The van der Waals surface area contributed by atoms with Crippen LogP contribution in [0.2, 0.25) is 0 Å². The first-order valence-corrected chi connectivity index (χ1v) is 7.64. The van der Waals surface area contributed by atoms with Crippen LogP contribution < -0.4 is 10.1 Å². The summed E-state index contributed by atoms with van der Waals surface area (Å²) in [5.74, 6) is 0.799. The van der Waals surface area contributed by atoms with Crippen molar-refractivity contribution in [1.82, 2.24) is 5.32 Å². The van der Waals surface area contributed by atoms with Crippen LogP contribution in [-0.4, -0.2) is 26.4 Å². The molecule has 5 heteroatoms. The lowest BCUT2D eigenvalue weighted by Crippen LogP contribution is -2.18. The molecule has 0 heterocycles. The highest BCUT2D eigenvalue weighted by Gasteiger charge is 2.11. The van der Waals surface area contributed by atoms with E-state index in [0.717, 1.165) is 27.8 Å². The Labute approximate surface area is 131 Å². The van der Waals surface area contributed by atoms with Gasteiger partial charge in [-0.15, -0.1) is 0 Å². The SMILES string of the molecule is C=CC(C)Oc1c(Br)cc(CNCCOC)cc1Br. The van der Waals surface area contributed by atoms with Crippen molar-refractivity contribution in [2.75, 3.05) is 20.3 Å². The Morgan fingerprint density at radius 3 is 2.53 bits per heavy atom. The summed E-state index contributed by atoms with van der Waals surface area (Å²) in [5, 5.41) is 3.30. The van der Waals surface area contributed by atoms with Gasteiger partial charge in [-0.3, -0.25) is 0 Å². The molecule has 0 aromatic heterocycles. The number of methoxy groups -OCH3 is 1. The fraction of sp³-hybridized carbons (Fsp3) is 0.429. The van der Waals surface area contributed by atoms with E-state index in [9.17, 15) is 0 Å². The monoisotopic (exact) mass is 391 g/mol. The second-order valence-corrected chi connectivity index (χ2v) is 5.83. The van der Waals surface area contributed by atoms with Gasteiger partial charge < -0.3 is 14.8 Å². The van der Waals surface area contributed by atoms with Gasteiger partial charge in [0.15, 0.2) is 0 Å². The number of rotatable bonds is 8. The van der Waals surface area contributed by atoms with Crippen molar-refractivity contribution >= 4 is 31.9 Å². The molecule has 0 aliphatic carbocycles. The van der Waals surface area contributed by atoms with Gasteiger partial charge in [0.25, 0.3) is 0 Å². The van der Waals surface area contributed by atoms with Gasteiger partial charge in [0.2, 0.25) is 0 Å². The van der Waals surface area contributed by atoms with E-state index in [2.05, 4.69) is 55.9 Å². The third-order valence-electron chi connectivity index (χ3n) is 2.51. The Bertz CT molecular complexity index is 401. The van der Waals surface area contributed by atoms with E-state index in [0.29, 0.717) is 6.61 Å². The van der Waals surface area contributed by atoms with Gasteiger partial charge in [-0.25, -0.2) is 0 Å². The average Bonchev–Trinajstić information content (AvgIpc) is 2.38. The third-order valence-corrected chi connectivity index (χ3v) is 3.68. The molecule has 0 amide bonds. The second kappa shape index (κ2) is 8.74. The van der Waals surface area contributed by atoms with E-state index in [4.69, 9.17) is 9.47 Å². The Hall–Kier alpha value is -0.360. The van der Waals surface area contributed by atoms with Gasteiger partial charge in [0.1, 0.15) is 11.9 Å². The Kier molecular flexibility index (Phi) is 7.68. The summed E-state index contributed by atoms with van der Waals surface area (Å²) in [7, 11) is 1.70. The highest BCUT2D eigenvalue weighted by Crippen LogP contribution is 2.35. The zero-order valence-electron chi connectivity index (χ0n) is 11.2. The zero-order valence-corrected chi connectivity index (χ0v) is 14.4. The second-order valence-electron chi connectivity index (χ2n) is 4.12. The van der Waals surface area contributed by atoms with E-state index >= 15 is 0 Å². The zero-order chi connectivity index (χ0) is 14.3. The highest BCUT2D eigenvalue weighted by atomic mass is 79.9. The minimum absolute atomic E-state index is 0.0294. The number of ether oxygens (including phenoxy) is 2. The normalized spacial score (nSPS) is 12.2. The van der Waals surface area contributed by atoms with Gasteiger partial charge in [-0.2, -0.15) is 0 Å². The molecule has 19 heavy (non-hydrogen) atoms. The molecule has 1 aromatic rings. The summed E-state index contributed by atoms with van der Waals surface area (Å²) in [5.41, 5.74) is 1.17. The fourth-order valence-corrected chi connectivity index (χ4v) is 2.94. The maximum Gasteiger partial charge on any atom is 0.148 e. The Morgan fingerprint density at radius 2 is 2.00 bits per heavy atom. The highest BCUT2D eigenvalue weighted by molar-refractivity contribution is 9.11. The first kappa shape index (κ1) is 16.7. The van der Waals surface area contributed by atoms with Crippen molar-refractivity contribution < 1.29 is 9.47 Å². The average molecular weight is 393 g/mol. The number of benzene rings is 1. The van der Waals surface area contributed by atoms with Crippen LogP contribution in [0, 0.1) is 0 Å². The van der Waals surface area contributed by atoms with Crippen molar-refractivity contribution in [3.05, 3.63) is 39.3 Å². The van der Waals surface area contributed by atoms with E-state index in [-0.39, 0.29) is 6.10 Å². The van der Waals surface area contributed by atoms with Crippen LogP contribution in [-0.2, 0) is 11.3 Å². The van der Waals surface area contributed by atoms with Crippen molar-refractivity contribution in [3.8, 4) is 5.75 Å². The van der Waals surface area contributed by atoms with Gasteiger partial charge in [0, 0.05) is 20.2 Å². The summed E-state index contributed by atoms with van der Waals surface area (Å²) < 4.78 is 12.6.